The van der Waals surface area contributed by atoms with E-state index in [1.165, 1.54) is 167 Å². The zero-order valence-corrected chi connectivity index (χ0v) is 42.0. The molecule has 0 aliphatic rings. The van der Waals surface area contributed by atoms with Crippen molar-refractivity contribution in [3.8, 4) is 0 Å². The van der Waals surface area contributed by atoms with Gasteiger partial charge in [-0.25, -0.2) is 4.79 Å². The lowest BCUT2D eigenvalue weighted by atomic mass is 10.0. The van der Waals surface area contributed by atoms with Crippen LogP contribution in [0.4, 0.5) is 4.79 Å². The third kappa shape index (κ3) is 47.6. The molecule has 0 aromatic rings. The number of nitrogens with one attached hydrogen (secondary N) is 1. The molecule has 0 fully saturated rings. The molecular formula is C53H105N3O6. The van der Waals surface area contributed by atoms with Gasteiger partial charge in [0.05, 0.1) is 13.2 Å². The fourth-order valence-corrected chi connectivity index (χ4v) is 8.03. The Morgan fingerprint density at radius 1 is 0.419 bits per heavy atom. The number of rotatable bonds is 49. The highest BCUT2D eigenvalue weighted by atomic mass is 16.6. The minimum atomic E-state index is -0.388. The summed E-state index contributed by atoms with van der Waals surface area (Å²) >= 11 is 0. The van der Waals surface area contributed by atoms with Crippen molar-refractivity contribution in [2.75, 3.05) is 60.5 Å². The van der Waals surface area contributed by atoms with Crippen LogP contribution in [0.15, 0.2) is 0 Å². The second-order valence-corrected chi connectivity index (χ2v) is 18.9. The quantitative estimate of drug-likeness (QED) is 0.0367. The van der Waals surface area contributed by atoms with E-state index >= 15 is 0 Å². The van der Waals surface area contributed by atoms with E-state index in [2.05, 4.69) is 50.1 Å². The molecule has 0 heterocycles. The summed E-state index contributed by atoms with van der Waals surface area (Å²) in [5.41, 5.74) is 0. The summed E-state index contributed by atoms with van der Waals surface area (Å²) in [6.07, 6.45) is 44.2. The van der Waals surface area contributed by atoms with Crippen molar-refractivity contribution in [3.05, 3.63) is 0 Å². The molecule has 0 aliphatic carbocycles. The monoisotopic (exact) mass is 880 g/mol. The van der Waals surface area contributed by atoms with Crippen LogP contribution in [0.2, 0.25) is 0 Å². The van der Waals surface area contributed by atoms with E-state index < -0.39 is 0 Å². The molecule has 0 aliphatic heterocycles. The Labute approximate surface area is 385 Å². The van der Waals surface area contributed by atoms with E-state index in [1.807, 2.05) is 0 Å². The normalized spacial score (nSPS) is 11.5. The van der Waals surface area contributed by atoms with Crippen molar-refractivity contribution in [2.24, 2.45) is 0 Å². The first-order valence-corrected chi connectivity index (χ1v) is 26.9. The van der Waals surface area contributed by atoms with Gasteiger partial charge in [-0.1, -0.05) is 194 Å². The highest BCUT2D eigenvalue weighted by Crippen LogP contribution is 2.17. The van der Waals surface area contributed by atoms with Gasteiger partial charge in [-0.05, 0) is 72.5 Å². The molecular weight excluding hydrogens is 775 g/mol. The van der Waals surface area contributed by atoms with Crippen LogP contribution in [-0.4, -0.2) is 94.5 Å². The second kappa shape index (κ2) is 48.6. The van der Waals surface area contributed by atoms with Crippen molar-refractivity contribution in [1.82, 2.24) is 15.1 Å². The van der Waals surface area contributed by atoms with E-state index in [0.717, 1.165) is 71.0 Å². The molecule has 9 nitrogen and oxygen atoms in total. The molecule has 0 spiro atoms. The standard InChI is InChI=1S/C53H105N3O6/c1-6-8-10-12-14-16-18-20-22-24-26-28-30-32-34-42-51(57)60-48-38-36-40-50(62-53(59)54-44-45-56(5)47-46-55(3)4)41-37-39-49-61-52(58)43-35-33-31-29-27-25-23-21-19-17-15-13-11-9-7-2/h50H,6-49H2,1-5H3,(H,54,59). The average molecular weight is 880 g/mol. The van der Waals surface area contributed by atoms with E-state index in [-0.39, 0.29) is 24.1 Å². The highest BCUT2D eigenvalue weighted by molar-refractivity contribution is 5.69. The number of hydrogen-bond donors (Lipinski definition) is 1. The van der Waals surface area contributed by atoms with Gasteiger partial charge in [0.2, 0.25) is 0 Å². The average Bonchev–Trinajstić information content (AvgIpc) is 3.25. The van der Waals surface area contributed by atoms with Gasteiger partial charge in [-0.2, -0.15) is 0 Å². The minimum absolute atomic E-state index is 0.100. The first-order valence-electron chi connectivity index (χ1n) is 26.9. The summed E-state index contributed by atoms with van der Waals surface area (Å²) < 4.78 is 16.9. The zero-order valence-electron chi connectivity index (χ0n) is 42.0. The fraction of sp³-hybridized carbons (Fsp3) is 0.943. The van der Waals surface area contributed by atoms with Gasteiger partial charge in [-0.15, -0.1) is 0 Å². The Kier molecular flexibility index (Phi) is 47.1. The summed E-state index contributed by atoms with van der Waals surface area (Å²) in [6.45, 7) is 8.55. The van der Waals surface area contributed by atoms with Crippen molar-refractivity contribution in [1.29, 1.82) is 0 Å². The molecule has 0 aromatic carbocycles. The third-order valence-corrected chi connectivity index (χ3v) is 12.3. The molecule has 1 N–H and O–H groups in total. The highest BCUT2D eigenvalue weighted by Gasteiger charge is 2.15. The van der Waals surface area contributed by atoms with Gasteiger partial charge in [0.15, 0.2) is 0 Å². The van der Waals surface area contributed by atoms with Crippen LogP contribution < -0.4 is 5.32 Å². The SMILES string of the molecule is CCCCCCCCCCCCCCCCCC(=O)OCCCCC(CCCCOC(=O)CCCCCCCCCCCCCCCCC)OC(=O)NCCN(C)CCN(C)C. The van der Waals surface area contributed by atoms with Gasteiger partial charge in [-0.3, -0.25) is 9.59 Å². The van der Waals surface area contributed by atoms with Gasteiger partial charge < -0.3 is 29.3 Å². The Morgan fingerprint density at radius 3 is 1.10 bits per heavy atom. The van der Waals surface area contributed by atoms with Crippen molar-refractivity contribution in [2.45, 2.75) is 264 Å². The van der Waals surface area contributed by atoms with Gasteiger partial charge >= 0.3 is 18.0 Å². The molecule has 9 heteroatoms. The molecule has 62 heavy (non-hydrogen) atoms. The summed E-state index contributed by atoms with van der Waals surface area (Å²) in [4.78, 5) is 41.7. The maximum atomic E-state index is 12.7. The Bertz CT molecular complexity index is 910. The smallest absolute Gasteiger partial charge is 0.407 e. The van der Waals surface area contributed by atoms with Crippen LogP contribution in [0.3, 0.4) is 0 Å². The number of carbonyl (C=O) groups is 3. The summed E-state index contributed by atoms with van der Waals surface area (Å²) in [7, 11) is 6.17. The Morgan fingerprint density at radius 2 is 0.758 bits per heavy atom. The van der Waals surface area contributed by atoms with Crippen LogP contribution in [-0.2, 0) is 23.8 Å². The minimum Gasteiger partial charge on any atom is -0.466 e. The predicted octanol–water partition coefficient (Wildman–Crippen LogP) is 14.5. The van der Waals surface area contributed by atoms with Crippen molar-refractivity contribution >= 4 is 18.0 Å². The number of likely N-dealkylation sites (N-methyl/N-ethyl adjacent to an activating group) is 2. The lowest BCUT2D eigenvalue weighted by molar-refractivity contribution is -0.144. The predicted molar refractivity (Wildman–Crippen MR) is 263 cm³/mol. The van der Waals surface area contributed by atoms with Gasteiger partial charge in [0, 0.05) is 39.0 Å². The van der Waals surface area contributed by atoms with E-state index in [1.54, 1.807) is 0 Å². The molecule has 0 atom stereocenters. The van der Waals surface area contributed by atoms with Crippen LogP contribution in [0.5, 0.6) is 0 Å². The molecule has 0 saturated carbocycles. The Balaban J connectivity index is 4.16. The lowest BCUT2D eigenvalue weighted by Gasteiger charge is -2.21. The van der Waals surface area contributed by atoms with E-state index in [0.29, 0.717) is 45.4 Å². The number of alkyl carbamates (subject to hydrolysis) is 1. The van der Waals surface area contributed by atoms with Crippen LogP contribution in [0.1, 0.15) is 258 Å². The lowest BCUT2D eigenvalue weighted by Crippen LogP contribution is -2.37. The number of amides is 1. The summed E-state index contributed by atoms with van der Waals surface area (Å²) in [5, 5.41) is 2.92. The van der Waals surface area contributed by atoms with Gasteiger partial charge in [0.1, 0.15) is 6.10 Å². The van der Waals surface area contributed by atoms with Crippen LogP contribution >= 0.6 is 0 Å². The molecule has 0 aromatic heterocycles. The first-order chi connectivity index (χ1) is 30.3. The number of ether oxygens (including phenoxy) is 3. The topological polar surface area (TPSA) is 97.4 Å². The molecule has 368 valence electrons. The molecule has 0 radical (unpaired) electrons. The van der Waals surface area contributed by atoms with Crippen LogP contribution in [0, 0.1) is 0 Å². The van der Waals surface area contributed by atoms with Crippen LogP contribution in [0.25, 0.3) is 0 Å². The van der Waals surface area contributed by atoms with Gasteiger partial charge in [0.25, 0.3) is 0 Å². The van der Waals surface area contributed by atoms with E-state index in [9.17, 15) is 14.4 Å². The fourth-order valence-electron chi connectivity index (χ4n) is 8.03. The number of unbranched alkanes of at least 4 members (excludes halogenated alkanes) is 30. The third-order valence-electron chi connectivity index (χ3n) is 12.3. The molecule has 0 bridgehead atoms. The summed E-state index contributed by atoms with van der Waals surface area (Å²) in [6, 6.07) is 0. The Hall–Kier alpha value is -1.87. The number of esters is 2. The number of nitrogens with zero attached hydrogens (tertiary/aromatic N) is 2. The van der Waals surface area contributed by atoms with Crippen molar-refractivity contribution < 1.29 is 28.6 Å². The molecule has 1 amide bonds. The van der Waals surface area contributed by atoms with Crippen molar-refractivity contribution in [3.63, 3.8) is 0 Å². The molecule has 0 unspecified atom stereocenters. The first kappa shape index (κ1) is 60.1. The summed E-state index contributed by atoms with van der Waals surface area (Å²) in [5.74, 6) is -0.201. The van der Waals surface area contributed by atoms with E-state index in [4.69, 9.17) is 14.2 Å². The largest absolute Gasteiger partial charge is 0.466 e. The molecule has 0 saturated heterocycles. The maximum absolute atomic E-state index is 12.7. The number of carbonyl (C=O) groups excluding carboxylic acids is 3. The zero-order chi connectivity index (χ0) is 45.4. The maximum Gasteiger partial charge on any atom is 0.407 e. The second-order valence-electron chi connectivity index (χ2n) is 18.9. The molecule has 0 rings (SSSR count). The number of hydrogen-bond acceptors (Lipinski definition) is 8.